The number of hydrogen-bond acceptors (Lipinski definition) is 6. The summed E-state index contributed by atoms with van der Waals surface area (Å²) >= 11 is 7.68. The molecule has 0 fully saturated rings. The third kappa shape index (κ3) is 6.56. The Morgan fingerprint density at radius 3 is 2.28 bits per heavy atom. The van der Waals surface area contributed by atoms with E-state index in [9.17, 15) is 4.79 Å². The molecule has 3 aromatic carbocycles. The first-order valence-electron chi connectivity index (χ1n) is 11.4. The molecule has 0 aliphatic carbocycles. The molecule has 0 bridgehead atoms. The van der Waals surface area contributed by atoms with Crippen molar-refractivity contribution in [3.8, 4) is 38.9 Å². The van der Waals surface area contributed by atoms with Gasteiger partial charge in [-0.15, -0.1) is 11.3 Å². The Bertz CT molecular complexity index is 1330. The molecule has 4 rings (SSSR count). The highest BCUT2D eigenvalue weighted by molar-refractivity contribution is 7.15. The first-order valence-corrected chi connectivity index (χ1v) is 12.6. The summed E-state index contributed by atoms with van der Waals surface area (Å²) in [6, 6.07) is 20.9. The Morgan fingerprint density at radius 1 is 0.972 bits per heavy atom. The summed E-state index contributed by atoms with van der Waals surface area (Å²) in [5.74, 6) is 0.950. The first-order chi connectivity index (χ1) is 17.3. The van der Waals surface area contributed by atoms with E-state index in [1.54, 1.807) is 23.5 Å². The SMILES string of the molecule is Cc1cc(OCc2nc(-c3ccc(OC(C)C)cc3)c(-c3ccc(Cl)cc3)s2)ccc1OCC(=O)O. The van der Waals surface area contributed by atoms with Crippen molar-refractivity contribution in [1.29, 1.82) is 0 Å². The van der Waals surface area contributed by atoms with Crippen LogP contribution in [0.5, 0.6) is 17.2 Å². The van der Waals surface area contributed by atoms with E-state index < -0.39 is 5.97 Å². The predicted octanol–water partition coefficient (Wildman–Crippen LogP) is 7.27. The second-order valence-corrected chi connectivity index (χ2v) is 9.90. The number of aliphatic carboxylic acids is 1. The van der Waals surface area contributed by atoms with Crippen molar-refractivity contribution in [2.24, 2.45) is 0 Å². The van der Waals surface area contributed by atoms with Crippen LogP contribution in [0.2, 0.25) is 5.02 Å². The Morgan fingerprint density at radius 2 is 1.64 bits per heavy atom. The lowest BCUT2D eigenvalue weighted by Crippen LogP contribution is -2.10. The molecule has 8 heteroatoms. The van der Waals surface area contributed by atoms with Gasteiger partial charge in [0.1, 0.15) is 28.9 Å². The van der Waals surface area contributed by atoms with Gasteiger partial charge in [0.05, 0.1) is 16.7 Å². The highest BCUT2D eigenvalue weighted by atomic mass is 35.5. The van der Waals surface area contributed by atoms with Crippen molar-refractivity contribution < 1.29 is 24.1 Å². The van der Waals surface area contributed by atoms with Gasteiger partial charge in [-0.05, 0) is 86.5 Å². The summed E-state index contributed by atoms with van der Waals surface area (Å²) in [7, 11) is 0. The summed E-state index contributed by atoms with van der Waals surface area (Å²) < 4.78 is 17.1. The molecular formula is C28H26ClNO5S. The summed E-state index contributed by atoms with van der Waals surface area (Å²) in [6.07, 6.45) is 0.102. The number of carboxylic acid groups (broad SMARTS) is 1. The number of nitrogens with zero attached hydrogens (tertiary/aromatic N) is 1. The zero-order chi connectivity index (χ0) is 25.7. The van der Waals surface area contributed by atoms with Gasteiger partial charge in [0.25, 0.3) is 0 Å². The van der Waals surface area contributed by atoms with Gasteiger partial charge >= 0.3 is 5.97 Å². The molecule has 0 saturated heterocycles. The molecule has 36 heavy (non-hydrogen) atoms. The summed E-state index contributed by atoms with van der Waals surface area (Å²) in [6.45, 7) is 5.74. The minimum Gasteiger partial charge on any atom is -0.491 e. The van der Waals surface area contributed by atoms with Gasteiger partial charge in [0, 0.05) is 10.6 Å². The summed E-state index contributed by atoms with van der Waals surface area (Å²) in [5, 5.41) is 10.3. The van der Waals surface area contributed by atoms with Crippen molar-refractivity contribution in [2.45, 2.75) is 33.5 Å². The monoisotopic (exact) mass is 523 g/mol. The lowest BCUT2D eigenvalue weighted by Gasteiger charge is -2.10. The third-order valence-corrected chi connectivity index (χ3v) is 6.47. The van der Waals surface area contributed by atoms with Crippen LogP contribution < -0.4 is 14.2 Å². The van der Waals surface area contributed by atoms with Crippen LogP contribution in [0.4, 0.5) is 0 Å². The van der Waals surface area contributed by atoms with Crippen LogP contribution in [-0.2, 0) is 11.4 Å². The number of halogens is 1. The molecule has 0 atom stereocenters. The molecule has 0 radical (unpaired) electrons. The van der Waals surface area contributed by atoms with Crippen LogP contribution in [0.1, 0.15) is 24.4 Å². The number of aromatic nitrogens is 1. The molecule has 1 N–H and O–H groups in total. The quantitative estimate of drug-likeness (QED) is 0.235. The number of carbonyl (C=O) groups is 1. The van der Waals surface area contributed by atoms with E-state index in [0.717, 1.165) is 38.0 Å². The molecule has 0 aliphatic rings. The normalized spacial score (nSPS) is 10.9. The second-order valence-electron chi connectivity index (χ2n) is 8.38. The largest absolute Gasteiger partial charge is 0.491 e. The van der Waals surface area contributed by atoms with Crippen LogP contribution in [-0.4, -0.2) is 28.8 Å². The molecule has 1 aromatic heterocycles. The number of rotatable bonds is 10. The topological polar surface area (TPSA) is 77.9 Å². The van der Waals surface area contributed by atoms with Crippen molar-refractivity contribution in [3.05, 3.63) is 82.3 Å². The average molecular weight is 524 g/mol. The average Bonchev–Trinajstić information content (AvgIpc) is 3.27. The van der Waals surface area contributed by atoms with Crippen molar-refractivity contribution >= 4 is 28.9 Å². The van der Waals surface area contributed by atoms with Crippen LogP contribution in [0.15, 0.2) is 66.7 Å². The molecule has 0 aliphatic heterocycles. The third-order valence-electron chi connectivity index (χ3n) is 5.14. The van der Waals surface area contributed by atoms with Gasteiger partial charge in [-0.3, -0.25) is 0 Å². The van der Waals surface area contributed by atoms with Gasteiger partial charge in [-0.1, -0.05) is 23.7 Å². The number of hydrogen-bond donors (Lipinski definition) is 1. The number of ether oxygens (including phenoxy) is 3. The Labute approximate surface area is 219 Å². The Balaban J connectivity index is 1.57. The van der Waals surface area contributed by atoms with Crippen molar-refractivity contribution in [1.82, 2.24) is 4.98 Å². The van der Waals surface area contributed by atoms with E-state index in [-0.39, 0.29) is 19.3 Å². The predicted molar refractivity (Wildman–Crippen MR) is 142 cm³/mol. The van der Waals surface area contributed by atoms with Crippen LogP contribution >= 0.6 is 22.9 Å². The minimum absolute atomic E-state index is 0.102. The van der Waals surface area contributed by atoms with Crippen molar-refractivity contribution in [2.75, 3.05) is 6.61 Å². The van der Waals surface area contributed by atoms with Gasteiger partial charge < -0.3 is 19.3 Å². The zero-order valence-corrected chi connectivity index (χ0v) is 21.7. The van der Waals surface area contributed by atoms with Gasteiger partial charge in [-0.2, -0.15) is 0 Å². The fourth-order valence-electron chi connectivity index (χ4n) is 3.54. The molecule has 186 valence electrons. The zero-order valence-electron chi connectivity index (χ0n) is 20.2. The molecule has 0 spiro atoms. The minimum atomic E-state index is -1.02. The number of thiazole rings is 1. The molecule has 1 heterocycles. The maximum atomic E-state index is 10.8. The van der Waals surface area contributed by atoms with Crippen LogP contribution in [0.25, 0.3) is 21.7 Å². The van der Waals surface area contributed by atoms with E-state index in [1.165, 1.54) is 0 Å². The Hall–Kier alpha value is -3.55. The van der Waals surface area contributed by atoms with E-state index in [2.05, 4.69) is 0 Å². The number of benzene rings is 3. The first kappa shape index (κ1) is 25.5. The Kier molecular flexibility index (Phi) is 8.13. The van der Waals surface area contributed by atoms with E-state index in [1.807, 2.05) is 75.4 Å². The maximum Gasteiger partial charge on any atom is 0.341 e. The molecule has 0 unspecified atom stereocenters. The second kappa shape index (κ2) is 11.5. The van der Waals surface area contributed by atoms with Gasteiger partial charge in [0.2, 0.25) is 0 Å². The van der Waals surface area contributed by atoms with Gasteiger partial charge in [-0.25, -0.2) is 9.78 Å². The number of aryl methyl sites for hydroxylation is 1. The number of carboxylic acids is 1. The van der Waals surface area contributed by atoms with Crippen LogP contribution in [0.3, 0.4) is 0 Å². The maximum absolute atomic E-state index is 10.8. The van der Waals surface area contributed by atoms with E-state index >= 15 is 0 Å². The van der Waals surface area contributed by atoms with Gasteiger partial charge in [0.15, 0.2) is 6.61 Å². The molecular weight excluding hydrogens is 498 g/mol. The fourth-order valence-corrected chi connectivity index (χ4v) is 4.67. The van der Waals surface area contributed by atoms with Crippen LogP contribution in [0, 0.1) is 6.92 Å². The summed E-state index contributed by atoms with van der Waals surface area (Å²) in [4.78, 5) is 16.7. The standard InChI is InChI=1S/C28H26ClNO5S/c1-17(2)35-22-10-6-19(7-11-22)27-28(20-4-8-21(29)9-5-20)36-25(30-27)15-33-23-12-13-24(18(3)14-23)34-16-26(31)32/h4-14,17H,15-16H2,1-3H3,(H,31,32). The van der Waals surface area contributed by atoms with E-state index in [4.69, 9.17) is 35.9 Å². The molecule has 0 amide bonds. The smallest absolute Gasteiger partial charge is 0.341 e. The lowest BCUT2D eigenvalue weighted by molar-refractivity contribution is -0.139. The van der Waals surface area contributed by atoms with Crippen molar-refractivity contribution in [3.63, 3.8) is 0 Å². The highest BCUT2D eigenvalue weighted by Crippen LogP contribution is 2.38. The molecule has 4 aromatic rings. The molecule has 6 nitrogen and oxygen atoms in total. The lowest BCUT2D eigenvalue weighted by atomic mass is 10.1. The van der Waals surface area contributed by atoms with E-state index in [0.29, 0.717) is 16.5 Å². The highest BCUT2D eigenvalue weighted by Gasteiger charge is 2.16. The fraction of sp³-hybridized carbons (Fsp3) is 0.214. The molecule has 0 saturated carbocycles. The summed E-state index contributed by atoms with van der Waals surface area (Å²) in [5.41, 5.74) is 3.66.